The lowest BCUT2D eigenvalue weighted by Gasteiger charge is -2.37. The number of hydrogen-bond donors (Lipinski definition) is 3. The van der Waals surface area contributed by atoms with Gasteiger partial charge >= 0.3 is 18.0 Å². The maximum absolute atomic E-state index is 11.8. The molecule has 1 aromatic carbocycles. The van der Waals surface area contributed by atoms with Crippen LogP contribution in [0.2, 0.25) is 10.0 Å². The Kier molecular flexibility index (Phi) is 12.3. The van der Waals surface area contributed by atoms with Gasteiger partial charge < -0.3 is 25.3 Å². The molecular weight excluding hydrogens is 507 g/mol. The number of urea groups is 1. The van der Waals surface area contributed by atoms with E-state index in [2.05, 4.69) is 21.2 Å². The number of halogens is 2. The van der Waals surface area contributed by atoms with Gasteiger partial charge in [-0.1, -0.05) is 29.3 Å². The smallest absolute Gasteiger partial charge is 0.328 e. The molecule has 9 nitrogen and oxygen atoms in total. The van der Waals surface area contributed by atoms with Crippen molar-refractivity contribution in [1.29, 1.82) is 0 Å². The minimum absolute atomic E-state index is 0.0288. The molecule has 11 heteroatoms. The average Bonchev–Trinajstić information content (AvgIpc) is 2.85. The molecule has 0 atom stereocenters. The predicted molar refractivity (Wildman–Crippen MR) is 142 cm³/mol. The lowest BCUT2D eigenvalue weighted by molar-refractivity contribution is -0.134. The maximum atomic E-state index is 11.8. The van der Waals surface area contributed by atoms with Crippen molar-refractivity contribution in [3.8, 4) is 0 Å². The van der Waals surface area contributed by atoms with E-state index in [0.717, 1.165) is 57.2 Å². The number of rotatable bonds is 7. The van der Waals surface area contributed by atoms with Crippen LogP contribution >= 0.6 is 23.2 Å². The van der Waals surface area contributed by atoms with E-state index in [1.807, 2.05) is 12.1 Å². The molecule has 2 amide bonds. The molecule has 0 bridgehead atoms. The largest absolute Gasteiger partial charge is 0.478 e. The predicted octanol–water partition coefficient (Wildman–Crippen LogP) is 4.05. The van der Waals surface area contributed by atoms with Crippen molar-refractivity contribution < 1.29 is 24.6 Å². The highest BCUT2D eigenvalue weighted by atomic mass is 35.5. The number of nitrogens with one attached hydrogen (secondary N) is 1. The summed E-state index contributed by atoms with van der Waals surface area (Å²) < 4.78 is 0. The van der Waals surface area contributed by atoms with Crippen LogP contribution in [0.25, 0.3) is 0 Å². The van der Waals surface area contributed by atoms with Gasteiger partial charge in [-0.3, -0.25) is 4.90 Å². The molecule has 1 aliphatic heterocycles. The summed E-state index contributed by atoms with van der Waals surface area (Å²) in [4.78, 5) is 37.4. The highest BCUT2D eigenvalue weighted by Gasteiger charge is 2.24. The second-order valence-electron chi connectivity index (χ2n) is 9.26. The molecule has 1 saturated carbocycles. The van der Waals surface area contributed by atoms with Gasteiger partial charge in [-0.05, 0) is 56.7 Å². The van der Waals surface area contributed by atoms with E-state index in [1.54, 1.807) is 19.0 Å². The zero-order chi connectivity index (χ0) is 26.7. The molecule has 1 aliphatic carbocycles. The standard InChI is InChI=1S/C21H32Cl2N4O.C4H4O4/c1-25(2)21(28)24-17-8-6-16(7-9-17)10-11-26-12-14-27(15-13-26)19-5-3-4-18(22)20(19)23;5-3(6)1-2-4(7)8/h3-5,16-17H,6-15H2,1-2H3,(H,24,28);1-2H,(H,5,6)(H,7,8)/b;2-1+. The number of benzene rings is 1. The molecule has 2 fully saturated rings. The summed E-state index contributed by atoms with van der Waals surface area (Å²) in [5.74, 6) is -1.73. The first-order valence-corrected chi connectivity index (χ1v) is 12.9. The van der Waals surface area contributed by atoms with Crippen LogP contribution in [0.1, 0.15) is 32.1 Å². The zero-order valence-corrected chi connectivity index (χ0v) is 22.3. The highest BCUT2D eigenvalue weighted by molar-refractivity contribution is 6.43. The van der Waals surface area contributed by atoms with Gasteiger partial charge in [0.25, 0.3) is 0 Å². The Hall–Kier alpha value is -2.49. The summed E-state index contributed by atoms with van der Waals surface area (Å²) in [6, 6.07) is 6.23. The number of hydrogen-bond acceptors (Lipinski definition) is 5. The summed E-state index contributed by atoms with van der Waals surface area (Å²) in [6.07, 6.45) is 7.01. The molecular formula is C25H36Cl2N4O5. The fraction of sp³-hybridized carbons (Fsp3) is 0.560. The van der Waals surface area contributed by atoms with Crippen molar-refractivity contribution in [2.45, 2.75) is 38.1 Å². The van der Waals surface area contributed by atoms with Gasteiger partial charge in [0.2, 0.25) is 0 Å². The first-order chi connectivity index (χ1) is 17.1. The Morgan fingerprint density at radius 3 is 2.11 bits per heavy atom. The van der Waals surface area contributed by atoms with E-state index >= 15 is 0 Å². The molecule has 2 aliphatic rings. The zero-order valence-electron chi connectivity index (χ0n) is 20.8. The number of piperazine rings is 1. The first kappa shape index (κ1) is 29.7. The fourth-order valence-corrected chi connectivity index (χ4v) is 4.77. The Balaban J connectivity index is 0.000000493. The number of carboxylic acid groups (broad SMARTS) is 2. The van der Waals surface area contributed by atoms with E-state index in [9.17, 15) is 14.4 Å². The summed E-state index contributed by atoms with van der Waals surface area (Å²) in [5, 5.41) is 20.0. The van der Waals surface area contributed by atoms with Crippen molar-refractivity contribution >= 4 is 46.9 Å². The molecule has 1 aromatic rings. The van der Waals surface area contributed by atoms with Crippen molar-refractivity contribution in [3.05, 3.63) is 40.4 Å². The Morgan fingerprint density at radius 2 is 1.58 bits per heavy atom. The van der Waals surface area contributed by atoms with Crippen molar-refractivity contribution in [2.75, 3.05) is 51.7 Å². The normalized spacial score (nSPS) is 20.4. The number of aliphatic carboxylic acids is 2. The van der Waals surface area contributed by atoms with Gasteiger partial charge in [0.15, 0.2) is 0 Å². The minimum atomic E-state index is -1.26. The van der Waals surface area contributed by atoms with E-state index in [4.69, 9.17) is 33.4 Å². The number of amides is 2. The van der Waals surface area contributed by atoms with Crippen LogP contribution in [0.5, 0.6) is 0 Å². The third-order valence-corrected chi connectivity index (χ3v) is 7.26. The monoisotopic (exact) mass is 542 g/mol. The van der Waals surface area contributed by atoms with Crippen molar-refractivity contribution in [1.82, 2.24) is 15.1 Å². The summed E-state index contributed by atoms with van der Waals surface area (Å²) in [6.45, 7) is 5.28. The topological polar surface area (TPSA) is 113 Å². The van der Waals surface area contributed by atoms with Gasteiger partial charge in [0.1, 0.15) is 0 Å². The molecule has 0 aromatic heterocycles. The number of carbonyl (C=O) groups is 3. The molecule has 1 heterocycles. The number of anilines is 1. The van der Waals surface area contributed by atoms with Gasteiger partial charge in [-0.25, -0.2) is 14.4 Å². The van der Waals surface area contributed by atoms with Crippen LogP contribution < -0.4 is 10.2 Å². The van der Waals surface area contributed by atoms with E-state index in [0.29, 0.717) is 28.2 Å². The van der Waals surface area contributed by atoms with E-state index < -0.39 is 11.9 Å². The second-order valence-corrected chi connectivity index (χ2v) is 10.0. The fourth-order valence-electron chi connectivity index (χ4n) is 4.36. The molecule has 36 heavy (non-hydrogen) atoms. The van der Waals surface area contributed by atoms with Crippen molar-refractivity contribution in [3.63, 3.8) is 0 Å². The van der Waals surface area contributed by atoms with Crippen molar-refractivity contribution in [2.24, 2.45) is 5.92 Å². The SMILES string of the molecule is CN(C)C(=O)NC1CCC(CCN2CCN(c3cccc(Cl)c3Cl)CC2)CC1.O=C(O)/C=C/C(=O)O. The van der Waals surface area contributed by atoms with Crippen LogP contribution in [0.4, 0.5) is 10.5 Å². The maximum Gasteiger partial charge on any atom is 0.328 e. The number of nitrogens with zero attached hydrogens (tertiary/aromatic N) is 3. The Morgan fingerprint density at radius 1 is 1.00 bits per heavy atom. The Bertz CT molecular complexity index is 896. The molecule has 1 saturated heterocycles. The summed E-state index contributed by atoms with van der Waals surface area (Å²) >= 11 is 12.5. The quantitative estimate of drug-likeness (QED) is 0.445. The molecule has 0 spiro atoms. The average molecular weight is 543 g/mol. The number of carboxylic acids is 2. The minimum Gasteiger partial charge on any atom is -0.478 e. The Labute approximate surface area is 222 Å². The van der Waals surface area contributed by atoms with Crippen LogP contribution in [0, 0.1) is 5.92 Å². The number of carbonyl (C=O) groups excluding carboxylic acids is 1. The van der Waals surface area contributed by atoms with Crippen LogP contribution in [0.15, 0.2) is 30.4 Å². The third-order valence-electron chi connectivity index (χ3n) is 6.45. The van der Waals surface area contributed by atoms with Crippen LogP contribution in [-0.4, -0.2) is 90.8 Å². The lowest BCUT2D eigenvalue weighted by atomic mass is 9.84. The second kappa shape index (κ2) is 14.9. The van der Waals surface area contributed by atoms with E-state index in [1.165, 1.54) is 19.3 Å². The van der Waals surface area contributed by atoms with Gasteiger partial charge in [0, 0.05) is 58.5 Å². The molecule has 0 radical (unpaired) electrons. The molecule has 3 N–H and O–H groups in total. The van der Waals surface area contributed by atoms with Gasteiger partial charge in [-0.15, -0.1) is 0 Å². The van der Waals surface area contributed by atoms with Crippen LogP contribution in [-0.2, 0) is 9.59 Å². The molecule has 0 unspecified atom stereocenters. The van der Waals surface area contributed by atoms with Gasteiger partial charge in [0.05, 0.1) is 15.7 Å². The van der Waals surface area contributed by atoms with Crippen LogP contribution in [0.3, 0.4) is 0 Å². The highest BCUT2D eigenvalue weighted by Crippen LogP contribution is 2.33. The first-order valence-electron chi connectivity index (χ1n) is 12.1. The third kappa shape index (κ3) is 10.2. The summed E-state index contributed by atoms with van der Waals surface area (Å²) in [5.41, 5.74) is 1.05. The van der Waals surface area contributed by atoms with Gasteiger partial charge in [-0.2, -0.15) is 0 Å². The van der Waals surface area contributed by atoms with E-state index in [-0.39, 0.29) is 6.03 Å². The molecule has 200 valence electrons. The molecule has 3 rings (SSSR count). The lowest BCUT2D eigenvalue weighted by Crippen LogP contribution is -2.47. The summed E-state index contributed by atoms with van der Waals surface area (Å²) in [7, 11) is 3.59.